The van der Waals surface area contributed by atoms with E-state index < -0.39 is 12.1 Å². The highest BCUT2D eigenvalue weighted by molar-refractivity contribution is 5.66. The smallest absolute Gasteiger partial charge is 0.303 e. The molecule has 0 aliphatic carbocycles. The number of carboxylic acids is 1. The second kappa shape index (κ2) is 8.97. The van der Waals surface area contributed by atoms with E-state index in [1.54, 1.807) is 0 Å². The first-order valence-corrected chi connectivity index (χ1v) is 5.17. The molecular weight excluding hydrogens is 184 g/mol. The van der Waals surface area contributed by atoms with E-state index in [1.807, 2.05) is 0 Å². The van der Waals surface area contributed by atoms with Gasteiger partial charge in [0, 0.05) is 6.42 Å². The summed E-state index contributed by atoms with van der Waals surface area (Å²) in [7, 11) is 0. The van der Waals surface area contributed by atoms with Crippen LogP contribution < -0.4 is 0 Å². The highest BCUT2D eigenvalue weighted by Gasteiger charge is 2.01. The maximum Gasteiger partial charge on any atom is 0.303 e. The molecule has 0 spiro atoms. The topological polar surface area (TPSA) is 77.8 Å². The van der Waals surface area contributed by atoms with Crippen molar-refractivity contribution in [2.75, 3.05) is 6.61 Å². The van der Waals surface area contributed by atoms with E-state index in [4.69, 9.17) is 15.3 Å². The Labute approximate surface area is 84.6 Å². The van der Waals surface area contributed by atoms with Gasteiger partial charge < -0.3 is 15.3 Å². The number of hydrogen-bond donors (Lipinski definition) is 3. The van der Waals surface area contributed by atoms with Gasteiger partial charge in [0.25, 0.3) is 0 Å². The first-order valence-electron chi connectivity index (χ1n) is 5.17. The lowest BCUT2D eigenvalue weighted by Crippen LogP contribution is -2.10. The molecule has 0 fully saturated rings. The van der Waals surface area contributed by atoms with Gasteiger partial charge in [0.15, 0.2) is 0 Å². The Morgan fingerprint density at radius 1 is 1.07 bits per heavy atom. The van der Waals surface area contributed by atoms with Gasteiger partial charge in [-0.1, -0.05) is 25.7 Å². The lowest BCUT2D eigenvalue weighted by Gasteiger charge is -2.05. The van der Waals surface area contributed by atoms with Gasteiger partial charge in [-0.05, 0) is 12.8 Å². The van der Waals surface area contributed by atoms with Gasteiger partial charge in [0.1, 0.15) is 0 Å². The fourth-order valence-corrected chi connectivity index (χ4v) is 1.28. The Kier molecular flexibility index (Phi) is 8.57. The molecule has 3 N–H and O–H groups in total. The largest absolute Gasteiger partial charge is 0.481 e. The third-order valence-corrected chi connectivity index (χ3v) is 2.14. The van der Waals surface area contributed by atoms with Crippen molar-refractivity contribution < 1.29 is 20.1 Å². The number of carboxylic acid groups (broad SMARTS) is 1. The van der Waals surface area contributed by atoms with Crippen molar-refractivity contribution in [2.24, 2.45) is 0 Å². The minimum Gasteiger partial charge on any atom is -0.481 e. The number of hydrogen-bond acceptors (Lipinski definition) is 3. The average Bonchev–Trinajstić information content (AvgIpc) is 2.15. The molecule has 0 amide bonds. The van der Waals surface area contributed by atoms with Crippen LogP contribution >= 0.6 is 0 Å². The Balaban J connectivity index is 3.02. The van der Waals surface area contributed by atoms with Gasteiger partial charge in [0.2, 0.25) is 0 Å². The quantitative estimate of drug-likeness (QED) is 0.492. The first-order chi connectivity index (χ1) is 6.66. The maximum atomic E-state index is 10.2. The van der Waals surface area contributed by atoms with Crippen molar-refractivity contribution >= 4 is 5.97 Å². The predicted molar refractivity (Wildman–Crippen MR) is 53.0 cm³/mol. The van der Waals surface area contributed by atoms with Crippen LogP contribution in [0.15, 0.2) is 0 Å². The summed E-state index contributed by atoms with van der Waals surface area (Å²) >= 11 is 0. The number of unbranched alkanes of at least 4 members (excludes halogenated alkanes) is 4. The van der Waals surface area contributed by atoms with Crippen LogP contribution in [0, 0.1) is 0 Å². The average molecular weight is 204 g/mol. The molecule has 0 aromatic rings. The molecule has 0 bridgehead atoms. The standard InChI is InChI=1S/C10H20O4/c11-8-9(12)6-4-2-1-3-5-7-10(13)14/h9,11-12H,1-8H2,(H,13,14). The van der Waals surface area contributed by atoms with E-state index in [1.165, 1.54) is 0 Å². The molecule has 0 aliphatic heterocycles. The molecule has 14 heavy (non-hydrogen) atoms. The molecule has 0 aliphatic rings. The summed E-state index contributed by atoms with van der Waals surface area (Å²) in [6.07, 6.45) is 4.86. The van der Waals surface area contributed by atoms with Crippen LogP contribution in [0.4, 0.5) is 0 Å². The van der Waals surface area contributed by atoms with Crippen LogP contribution in [-0.2, 0) is 4.79 Å². The SMILES string of the molecule is O=C(O)CCCCCCCC(O)CO. The van der Waals surface area contributed by atoms with E-state index in [9.17, 15) is 4.79 Å². The normalized spacial score (nSPS) is 12.7. The fourth-order valence-electron chi connectivity index (χ4n) is 1.28. The number of aliphatic carboxylic acids is 1. The zero-order chi connectivity index (χ0) is 10.8. The molecule has 0 saturated carbocycles. The van der Waals surface area contributed by atoms with Crippen LogP contribution in [0.3, 0.4) is 0 Å². The molecule has 4 heteroatoms. The second-order valence-electron chi connectivity index (χ2n) is 3.54. The maximum absolute atomic E-state index is 10.2. The van der Waals surface area contributed by atoms with Crippen LogP contribution in [0.1, 0.15) is 44.9 Å². The Bertz CT molecular complexity index is 147. The summed E-state index contributed by atoms with van der Waals surface area (Å²) in [5.74, 6) is -0.735. The molecule has 0 rings (SSSR count). The van der Waals surface area contributed by atoms with Crippen molar-refractivity contribution in [3.63, 3.8) is 0 Å². The lowest BCUT2D eigenvalue weighted by atomic mass is 10.1. The van der Waals surface area contributed by atoms with Crippen LogP contribution in [0.2, 0.25) is 0 Å². The summed E-state index contributed by atoms with van der Waals surface area (Å²) in [6, 6.07) is 0. The number of rotatable bonds is 9. The predicted octanol–water partition coefficient (Wildman–Crippen LogP) is 1.15. The minimum atomic E-state index is -0.735. The van der Waals surface area contributed by atoms with Crippen molar-refractivity contribution in [3.05, 3.63) is 0 Å². The Morgan fingerprint density at radius 3 is 2.21 bits per heavy atom. The van der Waals surface area contributed by atoms with Crippen molar-refractivity contribution in [1.29, 1.82) is 0 Å². The molecule has 1 atom stereocenters. The van der Waals surface area contributed by atoms with E-state index in [0.717, 1.165) is 32.1 Å². The van der Waals surface area contributed by atoms with Gasteiger partial charge >= 0.3 is 5.97 Å². The number of aliphatic hydroxyl groups excluding tert-OH is 2. The van der Waals surface area contributed by atoms with Crippen LogP contribution in [0.5, 0.6) is 0 Å². The monoisotopic (exact) mass is 204 g/mol. The summed E-state index contributed by atoms with van der Waals surface area (Å²) < 4.78 is 0. The van der Waals surface area contributed by atoms with E-state index >= 15 is 0 Å². The Hall–Kier alpha value is -0.610. The third kappa shape index (κ3) is 9.48. The molecule has 84 valence electrons. The zero-order valence-electron chi connectivity index (χ0n) is 8.48. The highest BCUT2D eigenvalue weighted by atomic mass is 16.4. The molecule has 0 aromatic carbocycles. The summed E-state index contributed by atoms with van der Waals surface area (Å²) in [5, 5.41) is 25.9. The summed E-state index contributed by atoms with van der Waals surface area (Å²) in [4.78, 5) is 10.2. The highest BCUT2D eigenvalue weighted by Crippen LogP contribution is 2.08. The third-order valence-electron chi connectivity index (χ3n) is 2.14. The molecule has 0 heterocycles. The van der Waals surface area contributed by atoms with Gasteiger partial charge in [-0.15, -0.1) is 0 Å². The fraction of sp³-hybridized carbons (Fsp3) is 0.900. The minimum absolute atomic E-state index is 0.168. The van der Waals surface area contributed by atoms with E-state index in [0.29, 0.717) is 6.42 Å². The van der Waals surface area contributed by atoms with Crippen molar-refractivity contribution in [1.82, 2.24) is 0 Å². The second-order valence-corrected chi connectivity index (χ2v) is 3.54. The van der Waals surface area contributed by atoms with E-state index in [-0.39, 0.29) is 13.0 Å². The van der Waals surface area contributed by atoms with Crippen LogP contribution in [0.25, 0.3) is 0 Å². The van der Waals surface area contributed by atoms with Gasteiger partial charge in [-0.2, -0.15) is 0 Å². The van der Waals surface area contributed by atoms with Crippen molar-refractivity contribution in [2.45, 2.75) is 51.0 Å². The molecule has 4 nitrogen and oxygen atoms in total. The zero-order valence-corrected chi connectivity index (χ0v) is 8.48. The summed E-state index contributed by atoms with van der Waals surface area (Å²) in [5.41, 5.74) is 0. The van der Waals surface area contributed by atoms with Gasteiger partial charge in [-0.3, -0.25) is 4.79 Å². The Morgan fingerprint density at radius 2 is 1.64 bits per heavy atom. The first kappa shape index (κ1) is 13.4. The molecular formula is C10H20O4. The molecule has 0 aromatic heterocycles. The molecule has 1 unspecified atom stereocenters. The molecule has 0 radical (unpaired) electrons. The number of aliphatic hydroxyl groups is 2. The van der Waals surface area contributed by atoms with E-state index in [2.05, 4.69) is 0 Å². The van der Waals surface area contributed by atoms with Gasteiger partial charge in [0.05, 0.1) is 12.7 Å². The number of carbonyl (C=O) groups is 1. The van der Waals surface area contributed by atoms with Crippen LogP contribution in [-0.4, -0.2) is 34.0 Å². The van der Waals surface area contributed by atoms with Gasteiger partial charge in [-0.25, -0.2) is 0 Å². The lowest BCUT2D eigenvalue weighted by molar-refractivity contribution is -0.137. The molecule has 0 saturated heterocycles. The summed E-state index contributed by atoms with van der Waals surface area (Å²) in [6.45, 7) is -0.168. The van der Waals surface area contributed by atoms with Crippen molar-refractivity contribution in [3.8, 4) is 0 Å².